The number of anilines is 3. The van der Waals surface area contributed by atoms with Crippen LogP contribution in [0.25, 0.3) is 0 Å². The van der Waals surface area contributed by atoms with Crippen molar-refractivity contribution in [2.75, 3.05) is 36.4 Å². The van der Waals surface area contributed by atoms with Crippen LogP contribution in [-0.2, 0) is 11.2 Å². The Bertz CT molecular complexity index is 1050. The molecule has 7 nitrogen and oxygen atoms in total. The number of hydrogen-bond acceptors (Lipinski definition) is 6. The number of fused-ring (bicyclic) bond motifs is 1. The number of benzene rings is 2. The zero-order valence-corrected chi connectivity index (χ0v) is 17.6. The number of rotatable bonds is 3. The maximum absolute atomic E-state index is 13.2. The van der Waals surface area contributed by atoms with Crippen molar-refractivity contribution >= 4 is 34.6 Å². The summed E-state index contributed by atoms with van der Waals surface area (Å²) < 4.78 is 19.1. The molecule has 1 unspecified atom stereocenters. The number of piperidine rings is 1. The average Bonchev–Trinajstić information content (AvgIpc) is 2.79. The Morgan fingerprint density at radius 3 is 2.61 bits per heavy atom. The topological polar surface area (TPSA) is 117 Å². The summed E-state index contributed by atoms with van der Waals surface area (Å²) in [6.07, 6.45) is 0.848. The molecular formula is C22H23ClFN5O2. The zero-order valence-electron chi connectivity index (χ0n) is 16.8. The van der Waals surface area contributed by atoms with E-state index in [1.807, 2.05) is 0 Å². The van der Waals surface area contributed by atoms with Gasteiger partial charge in [-0.3, -0.25) is 4.79 Å². The highest BCUT2D eigenvalue weighted by Gasteiger charge is 2.39. The lowest BCUT2D eigenvalue weighted by Crippen LogP contribution is -2.51. The van der Waals surface area contributed by atoms with Gasteiger partial charge in [0.05, 0.1) is 34.4 Å². The predicted octanol–water partition coefficient (Wildman–Crippen LogP) is 3.19. The van der Waals surface area contributed by atoms with Gasteiger partial charge in [0.25, 0.3) is 5.91 Å². The molecule has 9 heteroatoms. The molecule has 1 amide bonds. The van der Waals surface area contributed by atoms with E-state index in [9.17, 15) is 14.4 Å². The number of amides is 1. The lowest BCUT2D eigenvalue weighted by Gasteiger charge is -2.39. The van der Waals surface area contributed by atoms with Crippen LogP contribution in [-0.4, -0.2) is 36.5 Å². The normalized spacial score (nSPS) is 19.5. The first-order valence-corrected chi connectivity index (χ1v) is 10.4. The minimum absolute atomic E-state index is 0.167. The highest BCUT2D eigenvalue weighted by molar-refractivity contribution is 6.34. The number of likely N-dealkylation sites (tertiary alicyclic amines) is 1. The third kappa shape index (κ3) is 4.06. The maximum Gasteiger partial charge on any atom is 0.265 e. The fourth-order valence-electron chi connectivity index (χ4n) is 4.13. The Morgan fingerprint density at radius 1 is 1.29 bits per heavy atom. The number of nitrogens with two attached hydrogens (primary N) is 2. The van der Waals surface area contributed by atoms with Gasteiger partial charge in [-0.2, -0.15) is 5.26 Å². The van der Waals surface area contributed by atoms with Crippen molar-refractivity contribution in [3.63, 3.8) is 0 Å². The van der Waals surface area contributed by atoms with Crippen LogP contribution in [0, 0.1) is 22.6 Å². The molecular weight excluding hydrogens is 421 g/mol. The SMILES string of the molecule is N#CC1(Cc2ccc(F)cc2)CCN(C(=O)C2CNc3cc(Cl)c(N)c(N)c3O2)CC1. The number of nitriles is 1. The number of carbonyl (C=O) groups excluding carboxylic acids is 1. The van der Waals surface area contributed by atoms with E-state index in [2.05, 4.69) is 11.4 Å². The van der Waals surface area contributed by atoms with Crippen LogP contribution in [0.2, 0.25) is 5.02 Å². The molecule has 31 heavy (non-hydrogen) atoms. The number of halogens is 2. The first kappa shape index (κ1) is 21.1. The van der Waals surface area contributed by atoms with Crippen molar-refractivity contribution < 1.29 is 13.9 Å². The lowest BCUT2D eigenvalue weighted by atomic mass is 9.75. The van der Waals surface area contributed by atoms with Gasteiger partial charge < -0.3 is 26.4 Å². The van der Waals surface area contributed by atoms with E-state index in [4.69, 9.17) is 27.8 Å². The van der Waals surface area contributed by atoms with Crippen molar-refractivity contribution in [2.45, 2.75) is 25.4 Å². The van der Waals surface area contributed by atoms with E-state index in [0.29, 0.717) is 48.8 Å². The van der Waals surface area contributed by atoms with E-state index < -0.39 is 11.5 Å². The largest absolute Gasteiger partial charge is 0.474 e. The van der Waals surface area contributed by atoms with Crippen LogP contribution in [0.4, 0.5) is 21.5 Å². The Kier molecular flexibility index (Phi) is 5.54. The molecule has 0 bridgehead atoms. The van der Waals surface area contributed by atoms with Crippen molar-refractivity contribution in [1.29, 1.82) is 5.26 Å². The van der Waals surface area contributed by atoms with Crippen LogP contribution in [0.15, 0.2) is 30.3 Å². The van der Waals surface area contributed by atoms with E-state index >= 15 is 0 Å². The van der Waals surface area contributed by atoms with Gasteiger partial charge in [0.1, 0.15) is 11.5 Å². The van der Waals surface area contributed by atoms with Crippen LogP contribution in [0.1, 0.15) is 18.4 Å². The number of nitrogen functional groups attached to an aromatic ring is 2. The maximum atomic E-state index is 13.2. The molecule has 1 saturated heterocycles. The van der Waals surface area contributed by atoms with Crippen molar-refractivity contribution in [3.8, 4) is 11.8 Å². The zero-order chi connectivity index (χ0) is 22.2. The first-order valence-electron chi connectivity index (χ1n) is 10.0. The average molecular weight is 444 g/mol. The molecule has 2 aromatic carbocycles. The van der Waals surface area contributed by atoms with E-state index in [1.54, 1.807) is 23.1 Å². The molecule has 0 aliphatic carbocycles. The lowest BCUT2D eigenvalue weighted by molar-refractivity contribution is -0.140. The van der Waals surface area contributed by atoms with Crippen molar-refractivity contribution in [1.82, 2.24) is 4.90 Å². The molecule has 4 rings (SSSR count). The van der Waals surface area contributed by atoms with Gasteiger partial charge in [0.2, 0.25) is 0 Å². The molecule has 2 aliphatic heterocycles. The van der Waals surface area contributed by atoms with Gasteiger partial charge in [-0.1, -0.05) is 23.7 Å². The molecule has 0 aromatic heterocycles. The number of ether oxygens (including phenoxy) is 1. The van der Waals surface area contributed by atoms with Crippen LogP contribution in [0.5, 0.6) is 5.75 Å². The van der Waals surface area contributed by atoms with Gasteiger partial charge in [-0.05, 0) is 43.0 Å². The van der Waals surface area contributed by atoms with Gasteiger partial charge in [0, 0.05) is 13.1 Å². The molecule has 1 atom stereocenters. The minimum Gasteiger partial charge on any atom is -0.474 e. The van der Waals surface area contributed by atoms with Crippen molar-refractivity contribution in [3.05, 3.63) is 46.7 Å². The Balaban J connectivity index is 1.42. The summed E-state index contributed by atoms with van der Waals surface area (Å²) in [5, 5.41) is 13.3. The predicted molar refractivity (Wildman–Crippen MR) is 117 cm³/mol. The summed E-state index contributed by atoms with van der Waals surface area (Å²) in [7, 11) is 0. The Hall–Kier alpha value is -3.18. The summed E-state index contributed by atoms with van der Waals surface area (Å²) in [6, 6.07) is 10.3. The number of nitrogens with zero attached hydrogens (tertiary/aromatic N) is 2. The van der Waals surface area contributed by atoms with Gasteiger partial charge in [-0.15, -0.1) is 0 Å². The second-order valence-corrected chi connectivity index (χ2v) is 8.48. The van der Waals surface area contributed by atoms with Crippen LogP contribution in [0.3, 0.4) is 0 Å². The quantitative estimate of drug-likeness (QED) is 0.627. The Labute approximate surface area is 184 Å². The summed E-state index contributed by atoms with van der Waals surface area (Å²) in [5.74, 6) is -0.145. The molecule has 0 saturated carbocycles. The van der Waals surface area contributed by atoms with E-state index in [0.717, 1.165) is 5.56 Å². The highest BCUT2D eigenvalue weighted by atomic mass is 35.5. The molecule has 162 valence electrons. The summed E-state index contributed by atoms with van der Waals surface area (Å²) in [5.41, 5.74) is 13.2. The molecule has 5 N–H and O–H groups in total. The fourth-order valence-corrected chi connectivity index (χ4v) is 4.34. The van der Waals surface area contributed by atoms with E-state index in [1.165, 1.54) is 12.1 Å². The highest BCUT2D eigenvalue weighted by Crippen LogP contribution is 2.43. The molecule has 0 radical (unpaired) electrons. The third-order valence-corrected chi connectivity index (χ3v) is 6.36. The van der Waals surface area contributed by atoms with Gasteiger partial charge >= 0.3 is 0 Å². The second kappa shape index (κ2) is 8.16. The standard InChI is InChI=1S/C22H23ClFN5O2/c23-15-9-16-20(19(27)18(15)26)31-17(11-28-16)21(30)29-7-5-22(12-25,6-8-29)10-13-1-3-14(24)4-2-13/h1-4,9,17,28H,5-8,10-11,26-27H2. The van der Waals surface area contributed by atoms with E-state index in [-0.39, 0.29) is 29.6 Å². The molecule has 2 aromatic rings. The van der Waals surface area contributed by atoms with Crippen LogP contribution >= 0.6 is 11.6 Å². The third-order valence-electron chi connectivity index (χ3n) is 6.05. The van der Waals surface area contributed by atoms with Crippen LogP contribution < -0.4 is 21.5 Å². The molecule has 0 spiro atoms. The number of carbonyl (C=O) groups is 1. The minimum atomic E-state index is -0.748. The molecule has 1 fully saturated rings. The monoisotopic (exact) mass is 443 g/mol. The second-order valence-electron chi connectivity index (χ2n) is 8.07. The molecule has 2 aliphatic rings. The summed E-state index contributed by atoms with van der Waals surface area (Å²) >= 11 is 6.06. The fraction of sp³-hybridized carbons (Fsp3) is 0.364. The van der Waals surface area contributed by atoms with Gasteiger partial charge in [0.15, 0.2) is 11.9 Å². The van der Waals surface area contributed by atoms with Crippen molar-refractivity contribution in [2.24, 2.45) is 5.41 Å². The summed E-state index contributed by atoms with van der Waals surface area (Å²) in [6.45, 7) is 1.16. The number of hydrogen-bond donors (Lipinski definition) is 3. The first-order chi connectivity index (χ1) is 14.8. The number of nitrogens with one attached hydrogen (secondary N) is 1. The Morgan fingerprint density at radius 2 is 1.97 bits per heavy atom. The van der Waals surface area contributed by atoms with Gasteiger partial charge in [-0.25, -0.2) is 4.39 Å². The molecule has 2 heterocycles. The summed E-state index contributed by atoms with van der Waals surface area (Å²) in [4.78, 5) is 14.8. The smallest absolute Gasteiger partial charge is 0.265 e.